The van der Waals surface area contributed by atoms with Crippen molar-refractivity contribution in [1.29, 1.82) is 0 Å². The normalized spacial score (nSPS) is 16.9. The third-order valence-electron chi connectivity index (χ3n) is 2.69. The number of carbonyl (C=O) groups excluding carboxylic acids is 1. The number of ether oxygens (including phenoxy) is 1. The number of hydrogen-bond acceptors (Lipinski definition) is 3. The van der Waals surface area contributed by atoms with E-state index in [2.05, 4.69) is 26.0 Å². The molecule has 0 aromatic heterocycles. The molecule has 1 fully saturated rings. The van der Waals surface area contributed by atoms with E-state index >= 15 is 0 Å². The fraction of sp³-hybridized carbons (Fsp3) is 0.417. The summed E-state index contributed by atoms with van der Waals surface area (Å²) in [5.41, 5.74) is 1.02. The summed E-state index contributed by atoms with van der Waals surface area (Å²) in [5.74, 6) is 0. The molecule has 1 aromatic carbocycles. The summed E-state index contributed by atoms with van der Waals surface area (Å²) in [6.07, 6.45) is -0.210. The van der Waals surface area contributed by atoms with Gasteiger partial charge in [0.15, 0.2) is 0 Å². The van der Waals surface area contributed by atoms with Crippen LogP contribution in [0, 0.1) is 0 Å². The van der Waals surface area contributed by atoms with Gasteiger partial charge in [-0.1, -0.05) is 30.3 Å². The molecule has 1 saturated heterocycles. The predicted octanol–water partition coefficient (Wildman–Crippen LogP) is 2.29. The first-order valence-electron chi connectivity index (χ1n) is 5.62. The molecule has 17 heavy (non-hydrogen) atoms. The van der Waals surface area contributed by atoms with E-state index in [1.54, 1.807) is 4.90 Å². The van der Waals surface area contributed by atoms with Gasteiger partial charge in [0, 0.05) is 49.0 Å². The van der Waals surface area contributed by atoms with E-state index in [4.69, 9.17) is 4.74 Å². The summed E-state index contributed by atoms with van der Waals surface area (Å²) in [6.45, 7) is 3.65. The van der Waals surface area contributed by atoms with Crippen LogP contribution in [0.5, 0.6) is 0 Å². The average molecular weight is 346 g/mol. The maximum absolute atomic E-state index is 11.8. The monoisotopic (exact) mass is 346 g/mol. The lowest BCUT2D eigenvalue weighted by Gasteiger charge is -2.30. The molecule has 0 N–H and O–H groups in total. The van der Waals surface area contributed by atoms with Gasteiger partial charge in [0.25, 0.3) is 0 Å². The molecule has 0 unspecified atom stereocenters. The third-order valence-corrected chi connectivity index (χ3v) is 3.65. The van der Waals surface area contributed by atoms with Crippen LogP contribution in [0.4, 0.5) is 4.79 Å². The Balaban J connectivity index is 1.78. The maximum atomic E-state index is 11.8. The molecule has 1 aliphatic rings. The molecule has 0 bridgehead atoms. The lowest BCUT2D eigenvalue weighted by molar-refractivity contribution is 0.0866. The Labute approximate surface area is 115 Å². The van der Waals surface area contributed by atoms with Crippen LogP contribution in [0.1, 0.15) is 5.56 Å². The summed E-state index contributed by atoms with van der Waals surface area (Å²) in [5, 5.41) is 0. The molecule has 1 aliphatic heterocycles. The van der Waals surface area contributed by atoms with Crippen LogP contribution in [0.3, 0.4) is 0 Å². The second-order valence-corrected chi connectivity index (χ2v) is 5.30. The predicted molar refractivity (Wildman–Crippen MR) is 73.8 cm³/mol. The standard InChI is InChI=1S/C12H15IN2O2/c13-15-8-6-14(7-9-15)12(16)17-10-11-4-2-1-3-5-11/h1-5H,6-10H2. The molecule has 1 heterocycles. The Morgan fingerprint density at radius 1 is 1.18 bits per heavy atom. The number of carbonyl (C=O) groups is 1. The largest absolute Gasteiger partial charge is 0.445 e. The van der Waals surface area contributed by atoms with Crippen molar-refractivity contribution in [3.63, 3.8) is 0 Å². The number of hydrogen-bond donors (Lipinski definition) is 0. The molecule has 0 radical (unpaired) electrons. The Bertz CT molecular complexity index is 364. The lowest BCUT2D eigenvalue weighted by Crippen LogP contribution is -2.45. The molecule has 1 amide bonds. The van der Waals surface area contributed by atoms with Gasteiger partial charge in [-0.15, -0.1) is 0 Å². The Morgan fingerprint density at radius 2 is 1.82 bits per heavy atom. The third kappa shape index (κ3) is 3.85. The minimum Gasteiger partial charge on any atom is -0.445 e. The van der Waals surface area contributed by atoms with E-state index in [1.165, 1.54) is 0 Å². The Hall–Kier alpha value is -0.820. The smallest absolute Gasteiger partial charge is 0.410 e. The van der Waals surface area contributed by atoms with Crippen molar-refractivity contribution in [2.24, 2.45) is 0 Å². The Kier molecular flexibility index (Phi) is 4.61. The molecule has 4 nitrogen and oxygen atoms in total. The van der Waals surface area contributed by atoms with Gasteiger partial charge < -0.3 is 9.64 Å². The van der Waals surface area contributed by atoms with Crippen LogP contribution in [-0.2, 0) is 11.3 Å². The van der Waals surface area contributed by atoms with Gasteiger partial charge in [-0.2, -0.15) is 0 Å². The van der Waals surface area contributed by atoms with E-state index in [0.29, 0.717) is 6.61 Å². The molecule has 0 aliphatic carbocycles. The minimum absolute atomic E-state index is 0.210. The SMILES string of the molecule is O=C(OCc1ccccc1)N1CCN(I)CC1. The Morgan fingerprint density at radius 3 is 2.47 bits per heavy atom. The van der Waals surface area contributed by atoms with Crippen LogP contribution in [0.25, 0.3) is 0 Å². The molecule has 0 saturated carbocycles. The van der Waals surface area contributed by atoms with Gasteiger partial charge in [0.2, 0.25) is 0 Å². The second-order valence-electron chi connectivity index (χ2n) is 3.94. The van der Waals surface area contributed by atoms with Crippen molar-refractivity contribution < 1.29 is 9.53 Å². The van der Waals surface area contributed by atoms with E-state index in [9.17, 15) is 4.79 Å². The molecule has 5 heteroatoms. The first-order chi connectivity index (χ1) is 8.25. The van der Waals surface area contributed by atoms with Gasteiger partial charge in [-0.25, -0.2) is 7.91 Å². The topological polar surface area (TPSA) is 32.8 Å². The fourth-order valence-electron chi connectivity index (χ4n) is 1.68. The molecule has 2 rings (SSSR count). The van der Waals surface area contributed by atoms with Crippen LogP contribution in [0.15, 0.2) is 30.3 Å². The average Bonchev–Trinajstić information content (AvgIpc) is 2.38. The van der Waals surface area contributed by atoms with E-state index < -0.39 is 0 Å². The van der Waals surface area contributed by atoms with Crippen molar-refractivity contribution in [2.75, 3.05) is 26.2 Å². The molecule has 92 valence electrons. The number of amides is 1. The second kappa shape index (κ2) is 6.20. The molecular weight excluding hydrogens is 331 g/mol. The zero-order valence-electron chi connectivity index (χ0n) is 9.51. The number of rotatable bonds is 2. The van der Waals surface area contributed by atoms with Crippen LogP contribution >= 0.6 is 22.9 Å². The molecule has 0 atom stereocenters. The summed E-state index contributed by atoms with van der Waals surface area (Å²) >= 11 is 2.28. The molecule has 0 spiro atoms. The zero-order chi connectivity index (χ0) is 12.1. The molecule has 1 aromatic rings. The summed E-state index contributed by atoms with van der Waals surface area (Å²) in [4.78, 5) is 13.5. The maximum Gasteiger partial charge on any atom is 0.410 e. The van der Waals surface area contributed by atoms with Gasteiger partial charge in [-0.05, 0) is 5.56 Å². The van der Waals surface area contributed by atoms with Crippen LogP contribution < -0.4 is 0 Å². The highest BCUT2D eigenvalue weighted by Gasteiger charge is 2.20. The zero-order valence-corrected chi connectivity index (χ0v) is 11.7. The van der Waals surface area contributed by atoms with Crippen LogP contribution in [-0.4, -0.2) is 40.3 Å². The lowest BCUT2D eigenvalue weighted by atomic mass is 10.2. The highest BCUT2D eigenvalue weighted by Crippen LogP contribution is 2.09. The fourth-order valence-corrected chi connectivity index (χ4v) is 2.11. The van der Waals surface area contributed by atoms with Crippen molar-refractivity contribution in [1.82, 2.24) is 8.01 Å². The number of halogens is 1. The highest BCUT2D eigenvalue weighted by atomic mass is 127. The van der Waals surface area contributed by atoms with E-state index in [0.717, 1.165) is 31.7 Å². The minimum atomic E-state index is -0.210. The van der Waals surface area contributed by atoms with Crippen molar-refractivity contribution in [3.05, 3.63) is 35.9 Å². The molecular formula is C12H15IN2O2. The summed E-state index contributed by atoms with van der Waals surface area (Å²) in [6, 6.07) is 9.74. The van der Waals surface area contributed by atoms with Crippen LogP contribution in [0.2, 0.25) is 0 Å². The highest BCUT2D eigenvalue weighted by molar-refractivity contribution is 14.1. The van der Waals surface area contributed by atoms with Crippen molar-refractivity contribution in [3.8, 4) is 0 Å². The number of piperazine rings is 1. The van der Waals surface area contributed by atoms with E-state index in [-0.39, 0.29) is 6.09 Å². The quantitative estimate of drug-likeness (QED) is 0.609. The van der Waals surface area contributed by atoms with Gasteiger partial charge in [0.1, 0.15) is 6.61 Å². The van der Waals surface area contributed by atoms with Crippen molar-refractivity contribution in [2.45, 2.75) is 6.61 Å². The van der Waals surface area contributed by atoms with E-state index in [1.807, 2.05) is 30.3 Å². The van der Waals surface area contributed by atoms with Gasteiger partial charge >= 0.3 is 6.09 Å². The number of benzene rings is 1. The first-order valence-corrected chi connectivity index (χ1v) is 6.58. The van der Waals surface area contributed by atoms with Gasteiger partial charge in [-0.3, -0.25) is 0 Å². The van der Waals surface area contributed by atoms with Gasteiger partial charge in [0.05, 0.1) is 0 Å². The first kappa shape index (κ1) is 12.6. The number of nitrogens with zero attached hydrogens (tertiary/aromatic N) is 2. The van der Waals surface area contributed by atoms with Crippen molar-refractivity contribution >= 4 is 29.0 Å². The summed E-state index contributed by atoms with van der Waals surface area (Å²) in [7, 11) is 0. The summed E-state index contributed by atoms with van der Waals surface area (Å²) < 4.78 is 7.45.